The Kier molecular flexibility index (Phi) is 8.00. The number of nitrogens with one attached hydrogen (secondary N) is 2. The Labute approximate surface area is 193 Å². The first-order valence-electron chi connectivity index (χ1n) is 10.4. The van der Waals surface area contributed by atoms with Crippen molar-refractivity contribution in [3.05, 3.63) is 96.1 Å². The monoisotopic (exact) mass is 442 g/mol. The van der Waals surface area contributed by atoms with E-state index in [9.17, 15) is 9.90 Å². The Bertz CT molecular complexity index is 1140. The van der Waals surface area contributed by atoms with Crippen LogP contribution < -0.4 is 16.4 Å². The van der Waals surface area contributed by atoms with Crippen LogP contribution in [0.4, 0.5) is 17.1 Å². The first-order chi connectivity index (χ1) is 16.0. The van der Waals surface area contributed by atoms with Gasteiger partial charge < -0.3 is 26.4 Å². The van der Waals surface area contributed by atoms with Crippen LogP contribution in [0.15, 0.2) is 79.3 Å². The van der Waals surface area contributed by atoms with Crippen LogP contribution in [0.5, 0.6) is 0 Å². The summed E-state index contributed by atoms with van der Waals surface area (Å²) < 4.78 is 0. The maximum absolute atomic E-state index is 12.5. The van der Waals surface area contributed by atoms with Crippen LogP contribution in [0.2, 0.25) is 0 Å². The molecule has 0 unspecified atom stereocenters. The fourth-order valence-electron chi connectivity index (χ4n) is 3.11. The van der Waals surface area contributed by atoms with Crippen molar-refractivity contribution in [3.63, 3.8) is 0 Å². The van der Waals surface area contributed by atoms with Crippen LogP contribution in [-0.4, -0.2) is 34.0 Å². The van der Waals surface area contributed by atoms with E-state index in [1.54, 1.807) is 48.7 Å². The largest absolute Gasteiger partial charge is 0.397 e. The van der Waals surface area contributed by atoms with Gasteiger partial charge in [-0.05, 0) is 54.4 Å². The van der Waals surface area contributed by atoms with E-state index in [0.29, 0.717) is 42.3 Å². The average molecular weight is 443 g/mol. The number of pyridine rings is 1. The number of aliphatic hydroxyl groups excluding tert-OH is 1. The summed E-state index contributed by atoms with van der Waals surface area (Å²) in [6.07, 6.45) is 2.21. The highest BCUT2D eigenvalue weighted by Crippen LogP contribution is 2.18. The zero-order valence-electron chi connectivity index (χ0n) is 18.2. The number of nitriles is 1. The molecule has 0 radical (unpaired) electrons. The molecule has 8 heteroatoms. The normalized spacial score (nSPS) is 10.2. The van der Waals surface area contributed by atoms with E-state index >= 15 is 0 Å². The number of benzene rings is 2. The Morgan fingerprint density at radius 1 is 1.12 bits per heavy atom. The smallest absolute Gasteiger partial charge is 0.274 e. The molecular weight excluding hydrogens is 416 g/mol. The molecule has 3 aromatic rings. The number of hydrogen-bond donors (Lipinski definition) is 4. The van der Waals surface area contributed by atoms with Gasteiger partial charge in [0, 0.05) is 31.6 Å². The van der Waals surface area contributed by atoms with Crippen LogP contribution in [-0.2, 0) is 6.54 Å². The van der Waals surface area contributed by atoms with Crippen molar-refractivity contribution in [2.45, 2.75) is 13.0 Å². The molecule has 1 heterocycles. The molecule has 1 amide bonds. The molecule has 5 N–H and O–H groups in total. The fraction of sp³-hybridized carbons (Fsp3) is 0.160. The van der Waals surface area contributed by atoms with E-state index in [4.69, 9.17) is 11.0 Å². The second-order valence-corrected chi connectivity index (χ2v) is 7.35. The number of rotatable bonds is 10. The van der Waals surface area contributed by atoms with Gasteiger partial charge in [0.1, 0.15) is 5.69 Å². The van der Waals surface area contributed by atoms with Gasteiger partial charge in [-0.2, -0.15) is 5.26 Å². The number of amides is 1. The lowest BCUT2D eigenvalue weighted by Gasteiger charge is -2.27. The van der Waals surface area contributed by atoms with E-state index in [2.05, 4.69) is 28.3 Å². The Morgan fingerprint density at radius 3 is 2.52 bits per heavy atom. The van der Waals surface area contributed by atoms with Gasteiger partial charge in [0.25, 0.3) is 5.91 Å². The van der Waals surface area contributed by atoms with E-state index in [1.165, 1.54) is 0 Å². The predicted octanol–water partition coefficient (Wildman–Crippen LogP) is 3.56. The highest BCUT2D eigenvalue weighted by atomic mass is 16.3. The number of anilines is 3. The van der Waals surface area contributed by atoms with Crippen LogP contribution in [0.1, 0.15) is 28.0 Å². The summed E-state index contributed by atoms with van der Waals surface area (Å²) in [5, 5.41) is 24.2. The summed E-state index contributed by atoms with van der Waals surface area (Å²) in [5.41, 5.74) is 9.43. The van der Waals surface area contributed by atoms with Gasteiger partial charge in [0.05, 0.1) is 28.8 Å². The van der Waals surface area contributed by atoms with Crippen LogP contribution in [0.25, 0.3) is 0 Å². The van der Waals surface area contributed by atoms with Gasteiger partial charge in [-0.1, -0.05) is 24.8 Å². The molecule has 0 fully saturated rings. The summed E-state index contributed by atoms with van der Waals surface area (Å²) in [7, 11) is 0. The van der Waals surface area contributed by atoms with E-state index < -0.39 is 0 Å². The first kappa shape index (κ1) is 23.3. The molecule has 0 aliphatic rings. The minimum atomic E-state index is -0.344. The number of para-hydroxylation sites is 2. The van der Waals surface area contributed by atoms with Crippen molar-refractivity contribution in [1.82, 2.24) is 9.88 Å². The third-order valence-electron chi connectivity index (χ3n) is 4.91. The molecular formula is C25H26N6O2. The summed E-state index contributed by atoms with van der Waals surface area (Å²) in [6.45, 7) is 5.24. The lowest BCUT2D eigenvalue weighted by atomic mass is 10.2. The first-order valence-corrected chi connectivity index (χ1v) is 10.4. The zero-order chi connectivity index (χ0) is 23.6. The Morgan fingerprint density at radius 2 is 1.88 bits per heavy atom. The molecule has 0 atom stereocenters. The zero-order valence-corrected chi connectivity index (χ0v) is 18.2. The highest BCUT2D eigenvalue weighted by molar-refractivity contribution is 6.04. The predicted molar refractivity (Wildman–Crippen MR) is 129 cm³/mol. The number of nitrogens with zero attached hydrogens (tertiary/aromatic N) is 3. The lowest BCUT2D eigenvalue weighted by Crippen LogP contribution is -2.28. The second kappa shape index (κ2) is 11.3. The molecule has 0 aliphatic heterocycles. The van der Waals surface area contributed by atoms with Crippen molar-refractivity contribution >= 4 is 23.0 Å². The van der Waals surface area contributed by atoms with Crippen molar-refractivity contribution in [2.24, 2.45) is 0 Å². The van der Waals surface area contributed by atoms with Crippen LogP contribution >= 0.6 is 0 Å². The van der Waals surface area contributed by atoms with Gasteiger partial charge in [-0.3, -0.25) is 9.78 Å². The van der Waals surface area contributed by atoms with Gasteiger partial charge in [0.15, 0.2) is 0 Å². The van der Waals surface area contributed by atoms with Gasteiger partial charge in [-0.15, -0.1) is 0 Å². The maximum Gasteiger partial charge on any atom is 0.274 e. The minimum Gasteiger partial charge on any atom is -0.397 e. The van der Waals surface area contributed by atoms with Crippen molar-refractivity contribution in [2.75, 3.05) is 29.5 Å². The van der Waals surface area contributed by atoms with Gasteiger partial charge in [0.2, 0.25) is 0 Å². The van der Waals surface area contributed by atoms with E-state index in [-0.39, 0.29) is 18.2 Å². The summed E-state index contributed by atoms with van der Waals surface area (Å²) in [5.74, 6) is 0.304. The quantitative estimate of drug-likeness (QED) is 0.354. The molecule has 0 aliphatic carbocycles. The molecule has 0 saturated carbocycles. The fourth-order valence-corrected chi connectivity index (χ4v) is 3.11. The Balaban J connectivity index is 1.65. The maximum atomic E-state index is 12.5. The lowest BCUT2D eigenvalue weighted by molar-refractivity contribution is 0.102. The van der Waals surface area contributed by atoms with Crippen molar-refractivity contribution in [1.29, 1.82) is 5.26 Å². The number of aromatic nitrogens is 1. The molecule has 3 rings (SSSR count). The standard InChI is InChI=1S/C25H26N6O2/c1-18(29-21-10-7-19(15-26)8-11-21)31(13-4-14-32)17-20-9-12-24(28-16-20)25(33)30-23-6-3-2-5-22(23)27/h2-3,5-12,16,29,32H,1,4,13-14,17,27H2,(H,30,33). The number of aliphatic hydroxyl groups is 1. The van der Waals surface area contributed by atoms with Gasteiger partial charge in [-0.25, -0.2) is 0 Å². The number of nitrogen functional groups attached to an aromatic ring is 1. The highest BCUT2D eigenvalue weighted by Gasteiger charge is 2.12. The number of nitrogens with two attached hydrogens (primary N) is 1. The molecule has 33 heavy (non-hydrogen) atoms. The summed E-state index contributed by atoms with van der Waals surface area (Å²) in [4.78, 5) is 18.8. The third kappa shape index (κ3) is 6.56. The second-order valence-electron chi connectivity index (χ2n) is 7.35. The number of carbonyl (C=O) groups excluding carboxylic acids is 1. The van der Waals surface area contributed by atoms with Crippen molar-refractivity contribution < 1.29 is 9.90 Å². The van der Waals surface area contributed by atoms with Crippen LogP contribution in [0.3, 0.4) is 0 Å². The molecule has 168 valence electrons. The summed E-state index contributed by atoms with van der Waals surface area (Å²) >= 11 is 0. The minimum absolute atomic E-state index is 0.0562. The summed E-state index contributed by atoms with van der Waals surface area (Å²) in [6, 6.07) is 19.7. The van der Waals surface area contributed by atoms with Gasteiger partial charge >= 0.3 is 0 Å². The molecule has 1 aromatic heterocycles. The number of carbonyl (C=O) groups is 1. The molecule has 8 nitrogen and oxygen atoms in total. The molecule has 2 aromatic carbocycles. The molecule has 0 spiro atoms. The SMILES string of the molecule is C=C(Nc1ccc(C#N)cc1)N(CCCO)Cc1ccc(C(=O)Nc2ccccc2N)nc1. The number of hydrogen-bond acceptors (Lipinski definition) is 7. The molecule has 0 saturated heterocycles. The average Bonchev–Trinajstić information content (AvgIpc) is 2.84. The molecule has 0 bridgehead atoms. The van der Waals surface area contributed by atoms with E-state index in [1.807, 2.05) is 23.1 Å². The topological polar surface area (TPSA) is 127 Å². The van der Waals surface area contributed by atoms with Crippen molar-refractivity contribution in [3.8, 4) is 6.07 Å². The van der Waals surface area contributed by atoms with E-state index in [0.717, 1.165) is 11.3 Å². The Hall–Kier alpha value is -4.35. The third-order valence-corrected chi connectivity index (χ3v) is 4.91. The van der Waals surface area contributed by atoms with Crippen LogP contribution in [0, 0.1) is 11.3 Å².